The predicted molar refractivity (Wildman–Crippen MR) is 120 cm³/mol. The van der Waals surface area contributed by atoms with Crippen LogP contribution in [0.5, 0.6) is 0 Å². The van der Waals surface area contributed by atoms with Crippen LogP contribution in [0.25, 0.3) is 11.0 Å². The average molecular weight is 447 g/mol. The number of imidazole rings is 1. The number of rotatable bonds is 10. The molecule has 3 rings (SSSR count). The lowest BCUT2D eigenvalue weighted by molar-refractivity contribution is -0.118. The number of amides is 1. The molecule has 0 atom stereocenters. The second-order valence-corrected chi connectivity index (χ2v) is 9.47. The fraction of sp³-hybridized carbons (Fsp3) is 0.333. The van der Waals surface area contributed by atoms with E-state index in [2.05, 4.69) is 17.2 Å². The molecule has 9 heteroatoms. The number of unbranched alkanes of at least 4 members (excludes halogenated alkanes) is 1. The number of nitrogens with two attached hydrogens (primary N) is 1. The first-order valence-corrected chi connectivity index (χ1v) is 12.4. The molecule has 0 fully saturated rings. The van der Waals surface area contributed by atoms with Gasteiger partial charge in [0.15, 0.2) is 5.16 Å². The number of hydrogen-bond acceptors (Lipinski definition) is 5. The van der Waals surface area contributed by atoms with Gasteiger partial charge in [0.05, 0.1) is 21.7 Å². The molecule has 1 heterocycles. The fourth-order valence-corrected chi connectivity index (χ4v) is 4.48. The first kappa shape index (κ1) is 22.3. The highest BCUT2D eigenvalue weighted by Gasteiger charge is 2.16. The van der Waals surface area contributed by atoms with Gasteiger partial charge in [-0.1, -0.05) is 55.4 Å². The summed E-state index contributed by atoms with van der Waals surface area (Å²) in [5, 5.41) is 8.87. The zero-order chi connectivity index (χ0) is 21.6. The van der Waals surface area contributed by atoms with Crippen molar-refractivity contribution in [3.8, 4) is 0 Å². The summed E-state index contributed by atoms with van der Waals surface area (Å²) in [4.78, 5) is 16.9. The van der Waals surface area contributed by atoms with E-state index in [1.165, 1.54) is 29.5 Å². The molecule has 0 aliphatic rings. The average Bonchev–Trinajstić information content (AvgIpc) is 3.07. The standard InChI is InChI=1S/C21H26N4O3S2/c1-2-3-13-25-19-10-9-17(30(22,27)28)14-18(19)24-21(25)29-15-20(26)23-12-11-16-7-5-4-6-8-16/h4-10,14H,2-3,11-13,15H2,1H3,(H,23,26)(H2,22,27,28). The van der Waals surface area contributed by atoms with E-state index in [-0.39, 0.29) is 16.6 Å². The lowest BCUT2D eigenvalue weighted by atomic mass is 10.1. The molecule has 0 radical (unpaired) electrons. The largest absolute Gasteiger partial charge is 0.355 e. The number of sulfonamides is 1. The molecule has 2 aromatic carbocycles. The quantitative estimate of drug-likeness (QED) is 0.466. The van der Waals surface area contributed by atoms with Gasteiger partial charge in [-0.15, -0.1) is 0 Å². The van der Waals surface area contributed by atoms with Crippen LogP contribution < -0.4 is 10.5 Å². The lowest BCUT2D eigenvalue weighted by Crippen LogP contribution is -2.27. The first-order chi connectivity index (χ1) is 14.4. The maximum absolute atomic E-state index is 12.3. The van der Waals surface area contributed by atoms with Gasteiger partial charge in [-0.05, 0) is 36.6 Å². The number of fused-ring (bicyclic) bond motifs is 1. The van der Waals surface area contributed by atoms with Gasteiger partial charge in [0.25, 0.3) is 0 Å². The Labute approximate surface area is 181 Å². The Morgan fingerprint density at radius 3 is 2.67 bits per heavy atom. The topological polar surface area (TPSA) is 107 Å². The minimum Gasteiger partial charge on any atom is -0.355 e. The molecular formula is C21H26N4O3S2. The van der Waals surface area contributed by atoms with E-state index in [0.29, 0.717) is 17.2 Å². The van der Waals surface area contributed by atoms with E-state index in [1.807, 2.05) is 34.9 Å². The van der Waals surface area contributed by atoms with Gasteiger partial charge in [0.1, 0.15) is 0 Å². The van der Waals surface area contributed by atoms with Gasteiger partial charge >= 0.3 is 0 Å². The van der Waals surface area contributed by atoms with Crippen LogP contribution in [0.1, 0.15) is 25.3 Å². The van der Waals surface area contributed by atoms with E-state index in [1.54, 1.807) is 6.07 Å². The maximum atomic E-state index is 12.3. The van der Waals surface area contributed by atoms with Crippen LogP contribution in [-0.2, 0) is 27.8 Å². The molecule has 0 unspecified atom stereocenters. The summed E-state index contributed by atoms with van der Waals surface area (Å²) in [6.45, 7) is 3.43. The second kappa shape index (κ2) is 10.1. The van der Waals surface area contributed by atoms with E-state index in [0.717, 1.165) is 31.3 Å². The molecule has 3 aromatic rings. The molecule has 7 nitrogen and oxygen atoms in total. The van der Waals surface area contributed by atoms with Crippen LogP contribution >= 0.6 is 11.8 Å². The van der Waals surface area contributed by atoms with E-state index < -0.39 is 10.0 Å². The first-order valence-electron chi connectivity index (χ1n) is 9.85. The smallest absolute Gasteiger partial charge is 0.238 e. The van der Waals surface area contributed by atoms with Gasteiger partial charge in [-0.25, -0.2) is 18.5 Å². The molecular weight excluding hydrogens is 420 g/mol. The normalized spacial score (nSPS) is 11.7. The predicted octanol–water partition coefficient (Wildman–Crippen LogP) is 2.93. The van der Waals surface area contributed by atoms with Crippen molar-refractivity contribution in [2.45, 2.75) is 42.8 Å². The summed E-state index contributed by atoms with van der Waals surface area (Å²) in [6.07, 6.45) is 2.75. The van der Waals surface area contributed by atoms with Gasteiger partial charge in [0, 0.05) is 13.1 Å². The van der Waals surface area contributed by atoms with Crippen molar-refractivity contribution in [3.63, 3.8) is 0 Å². The van der Waals surface area contributed by atoms with Gasteiger partial charge in [-0.2, -0.15) is 0 Å². The van der Waals surface area contributed by atoms with Crippen molar-refractivity contribution in [1.82, 2.24) is 14.9 Å². The highest BCUT2D eigenvalue weighted by atomic mass is 32.2. The zero-order valence-corrected chi connectivity index (χ0v) is 18.5. The van der Waals surface area contributed by atoms with Crippen LogP contribution in [-0.4, -0.2) is 36.2 Å². The number of thioether (sulfide) groups is 1. The van der Waals surface area contributed by atoms with Crippen LogP contribution in [0.2, 0.25) is 0 Å². The number of primary sulfonamides is 1. The molecule has 30 heavy (non-hydrogen) atoms. The van der Waals surface area contributed by atoms with Crippen LogP contribution in [0.4, 0.5) is 0 Å². The second-order valence-electron chi connectivity index (χ2n) is 6.97. The van der Waals surface area contributed by atoms with Crippen molar-refractivity contribution >= 4 is 38.7 Å². The number of hydrogen-bond donors (Lipinski definition) is 2. The Kier molecular flexibility index (Phi) is 7.52. The monoisotopic (exact) mass is 446 g/mol. The van der Waals surface area contributed by atoms with E-state index in [9.17, 15) is 13.2 Å². The highest BCUT2D eigenvalue weighted by molar-refractivity contribution is 7.99. The maximum Gasteiger partial charge on any atom is 0.238 e. The molecule has 0 spiro atoms. The Bertz CT molecular complexity index is 1110. The number of aryl methyl sites for hydroxylation is 1. The minimum atomic E-state index is -3.79. The van der Waals surface area contributed by atoms with Gasteiger partial charge in [0.2, 0.25) is 15.9 Å². The SMILES string of the molecule is CCCCn1c(SCC(=O)NCCc2ccccc2)nc2cc(S(N)(=O)=O)ccc21. The fourth-order valence-electron chi connectivity index (χ4n) is 3.08. The summed E-state index contributed by atoms with van der Waals surface area (Å²) in [6, 6.07) is 14.7. The molecule has 0 aliphatic carbocycles. The third-order valence-corrected chi connectivity index (χ3v) is 6.55. The molecule has 1 aromatic heterocycles. The summed E-state index contributed by atoms with van der Waals surface area (Å²) in [5.41, 5.74) is 2.57. The zero-order valence-electron chi connectivity index (χ0n) is 16.9. The summed E-state index contributed by atoms with van der Waals surface area (Å²) >= 11 is 1.35. The Morgan fingerprint density at radius 1 is 1.20 bits per heavy atom. The van der Waals surface area contributed by atoms with Gasteiger partial charge in [-0.3, -0.25) is 4.79 Å². The Morgan fingerprint density at radius 2 is 1.97 bits per heavy atom. The van der Waals surface area contributed by atoms with Gasteiger partial charge < -0.3 is 9.88 Å². The van der Waals surface area contributed by atoms with E-state index in [4.69, 9.17) is 5.14 Å². The molecule has 160 valence electrons. The summed E-state index contributed by atoms with van der Waals surface area (Å²) in [7, 11) is -3.79. The molecule has 0 saturated carbocycles. The number of benzene rings is 2. The van der Waals surface area contributed by atoms with Crippen LogP contribution in [0.15, 0.2) is 58.6 Å². The molecule has 1 amide bonds. The molecule has 0 bridgehead atoms. The highest BCUT2D eigenvalue weighted by Crippen LogP contribution is 2.26. The van der Waals surface area contributed by atoms with Crippen LogP contribution in [0, 0.1) is 0 Å². The molecule has 0 saturated heterocycles. The van der Waals surface area contributed by atoms with Crippen LogP contribution in [0.3, 0.4) is 0 Å². The molecule has 0 aliphatic heterocycles. The number of carbonyl (C=O) groups is 1. The van der Waals surface area contributed by atoms with Crippen molar-refractivity contribution < 1.29 is 13.2 Å². The van der Waals surface area contributed by atoms with E-state index >= 15 is 0 Å². The number of nitrogens with zero attached hydrogens (tertiary/aromatic N) is 2. The Hall–Kier alpha value is -2.36. The van der Waals surface area contributed by atoms with Crippen molar-refractivity contribution in [2.24, 2.45) is 5.14 Å². The number of carbonyl (C=O) groups excluding carboxylic acids is 1. The lowest BCUT2D eigenvalue weighted by Gasteiger charge is -2.09. The van der Waals surface area contributed by atoms with Crippen molar-refractivity contribution in [2.75, 3.05) is 12.3 Å². The van der Waals surface area contributed by atoms with Crippen molar-refractivity contribution in [3.05, 3.63) is 54.1 Å². The third kappa shape index (κ3) is 5.84. The minimum absolute atomic E-state index is 0.0327. The number of aromatic nitrogens is 2. The summed E-state index contributed by atoms with van der Waals surface area (Å²) in [5.74, 6) is 0.182. The third-order valence-electron chi connectivity index (χ3n) is 4.66. The number of nitrogens with one attached hydrogen (secondary N) is 1. The summed E-state index contributed by atoms with van der Waals surface area (Å²) < 4.78 is 25.3. The molecule has 3 N–H and O–H groups in total. The van der Waals surface area contributed by atoms with Crippen molar-refractivity contribution in [1.29, 1.82) is 0 Å². The Balaban J connectivity index is 1.68.